The van der Waals surface area contributed by atoms with Crippen LogP contribution in [0.15, 0.2) is 65.6 Å². The first-order valence-electron chi connectivity index (χ1n) is 14.1. The van der Waals surface area contributed by atoms with E-state index in [1.54, 1.807) is 30.2 Å². The van der Waals surface area contributed by atoms with Crippen LogP contribution < -0.4 is 14.8 Å². The van der Waals surface area contributed by atoms with Gasteiger partial charge in [0.1, 0.15) is 16.7 Å². The maximum atomic E-state index is 14.1. The number of benzene rings is 3. The number of amides is 2. The smallest absolute Gasteiger partial charge is 0.258 e. The van der Waals surface area contributed by atoms with Gasteiger partial charge in [0.2, 0.25) is 15.9 Å². The molecule has 1 aliphatic carbocycles. The van der Waals surface area contributed by atoms with Crippen LogP contribution in [0.3, 0.4) is 0 Å². The van der Waals surface area contributed by atoms with E-state index >= 15 is 0 Å². The minimum Gasteiger partial charge on any atom is -0.497 e. The zero-order valence-corrected chi connectivity index (χ0v) is 25.8. The Kier molecular flexibility index (Phi) is 8.30. The summed E-state index contributed by atoms with van der Waals surface area (Å²) < 4.78 is 40.6. The largest absolute Gasteiger partial charge is 0.497 e. The van der Waals surface area contributed by atoms with Gasteiger partial charge in [0.05, 0.1) is 23.4 Å². The first-order valence-corrected chi connectivity index (χ1v) is 16.3. The van der Waals surface area contributed by atoms with E-state index in [0.717, 1.165) is 18.4 Å². The summed E-state index contributed by atoms with van der Waals surface area (Å²) in [4.78, 5) is 28.5. The van der Waals surface area contributed by atoms with Gasteiger partial charge in [-0.05, 0) is 67.3 Å². The molecule has 3 aromatic carbocycles. The molecule has 2 amide bonds. The minimum absolute atomic E-state index is 0.0228. The van der Waals surface area contributed by atoms with Crippen molar-refractivity contribution >= 4 is 50.7 Å². The maximum Gasteiger partial charge on any atom is 0.258 e. The molecule has 3 aromatic rings. The van der Waals surface area contributed by atoms with Gasteiger partial charge in [0.25, 0.3) is 5.91 Å². The number of hydrogen-bond donors (Lipinski definition) is 1. The molecule has 3 aliphatic rings. The Morgan fingerprint density at radius 1 is 1.05 bits per heavy atom. The van der Waals surface area contributed by atoms with Crippen molar-refractivity contribution in [3.8, 4) is 11.5 Å². The quantitative estimate of drug-likeness (QED) is 0.366. The van der Waals surface area contributed by atoms with Crippen molar-refractivity contribution in [2.45, 2.75) is 36.8 Å². The van der Waals surface area contributed by atoms with Crippen LogP contribution in [-0.4, -0.2) is 62.3 Å². The number of ether oxygens (including phenoxy) is 2. The molecular formula is C31H31Cl2N3O6S. The molecule has 226 valence electrons. The van der Waals surface area contributed by atoms with Gasteiger partial charge in [0.15, 0.2) is 5.75 Å². The van der Waals surface area contributed by atoms with Crippen LogP contribution >= 0.6 is 23.2 Å². The molecule has 0 bridgehead atoms. The highest BCUT2D eigenvalue weighted by Crippen LogP contribution is 2.39. The lowest BCUT2D eigenvalue weighted by Crippen LogP contribution is -2.53. The number of sulfonamides is 1. The fourth-order valence-electron chi connectivity index (χ4n) is 5.64. The molecule has 1 N–H and O–H groups in total. The van der Waals surface area contributed by atoms with Gasteiger partial charge in [-0.3, -0.25) is 9.59 Å². The number of hydrogen-bond acceptors (Lipinski definition) is 6. The third-order valence-electron chi connectivity index (χ3n) is 8.13. The number of fused-ring (bicyclic) bond motifs is 2. The van der Waals surface area contributed by atoms with Crippen molar-refractivity contribution < 1.29 is 27.5 Å². The molecule has 12 heteroatoms. The summed E-state index contributed by atoms with van der Waals surface area (Å²) in [5.74, 6) is 0.246. The molecule has 2 fully saturated rings. The first kappa shape index (κ1) is 29.7. The van der Waals surface area contributed by atoms with Crippen molar-refractivity contribution in [2.75, 3.05) is 32.1 Å². The third-order valence-corrected chi connectivity index (χ3v) is 10.7. The molecule has 0 aromatic heterocycles. The number of nitrogens with one attached hydrogen (secondary N) is 1. The zero-order chi connectivity index (χ0) is 30.3. The summed E-state index contributed by atoms with van der Waals surface area (Å²) in [7, 11) is -2.36. The van der Waals surface area contributed by atoms with E-state index in [1.807, 2.05) is 24.3 Å². The van der Waals surface area contributed by atoms with Gasteiger partial charge in [-0.2, -0.15) is 4.31 Å². The third kappa shape index (κ3) is 6.20. The number of rotatable bonds is 7. The number of nitrogens with zero attached hydrogens (tertiary/aromatic N) is 2. The van der Waals surface area contributed by atoms with Gasteiger partial charge in [0, 0.05) is 43.0 Å². The van der Waals surface area contributed by atoms with Crippen LogP contribution in [0.2, 0.25) is 10.0 Å². The number of carbonyl (C=O) groups excluding carboxylic acids is 2. The highest BCUT2D eigenvalue weighted by Gasteiger charge is 2.42. The molecule has 2 heterocycles. The Morgan fingerprint density at radius 3 is 2.51 bits per heavy atom. The summed E-state index contributed by atoms with van der Waals surface area (Å²) in [5.41, 5.74) is 1.68. The number of halogens is 2. The highest BCUT2D eigenvalue weighted by atomic mass is 35.5. The van der Waals surface area contributed by atoms with E-state index in [4.69, 9.17) is 32.7 Å². The number of piperidine rings is 1. The van der Waals surface area contributed by atoms with E-state index in [1.165, 1.54) is 22.5 Å². The monoisotopic (exact) mass is 643 g/mol. The van der Waals surface area contributed by atoms with E-state index in [9.17, 15) is 18.0 Å². The average molecular weight is 645 g/mol. The molecule has 9 nitrogen and oxygen atoms in total. The van der Waals surface area contributed by atoms with Crippen molar-refractivity contribution in [1.29, 1.82) is 0 Å². The molecule has 1 saturated carbocycles. The van der Waals surface area contributed by atoms with E-state index in [2.05, 4.69) is 5.32 Å². The summed E-state index contributed by atoms with van der Waals surface area (Å²) >= 11 is 12.3. The van der Waals surface area contributed by atoms with Gasteiger partial charge < -0.3 is 19.7 Å². The van der Waals surface area contributed by atoms with Crippen LogP contribution in [0.25, 0.3) is 0 Å². The second-order valence-corrected chi connectivity index (χ2v) is 13.9. The molecule has 0 radical (unpaired) electrons. The van der Waals surface area contributed by atoms with Crippen LogP contribution in [0.1, 0.15) is 35.2 Å². The fraction of sp³-hybridized carbons (Fsp3) is 0.355. The lowest BCUT2D eigenvalue weighted by molar-refractivity contribution is -0.117. The summed E-state index contributed by atoms with van der Waals surface area (Å²) in [5, 5.41) is 3.34. The normalized spacial score (nSPS) is 20.7. The number of carbonyl (C=O) groups is 2. The van der Waals surface area contributed by atoms with Gasteiger partial charge in [-0.1, -0.05) is 41.4 Å². The molecule has 2 aliphatic heterocycles. The van der Waals surface area contributed by atoms with Crippen molar-refractivity contribution in [2.24, 2.45) is 11.8 Å². The minimum atomic E-state index is -3.95. The van der Waals surface area contributed by atoms with Crippen molar-refractivity contribution in [3.05, 3.63) is 81.8 Å². The molecule has 0 spiro atoms. The Bertz CT molecular complexity index is 1660. The predicted octanol–water partition coefficient (Wildman–Crippen LogP) is 5.46. The first-order chi connectivity index (χ1) is 20.6. The SMILES string of the molecule is COc1ccc(CN2CC3CN(S(=O)(=O)c4ccc(Cl)cc4Cl)CCC3Oc3c(NC(=O)C4CC4)cccc3C2=O)cc1. The highest BCUT2D eigenvalue weighted by molar-refractivity contribution is 7.89. The summed E-state index contributed by atoms with van der Waals surface area (Å²) in [6.07, 6.45) is 1.65. The van der Waals surface area contributed by atoms with Gasteiger partial charge in [-0.15, -0.1) is 0 Å². The van der Waals surface area contributed by atoms with Crippen LogP contribution in [0.5, 0.6) is 11.5 Å². The Labute approximate surface area is 260 Å². The van der Waals surface area contributed by atoms with E-state index in [0.29, 0.717) is 40.7 Å². The van der Waals surface area contributed by atoms with Gasteiger partial charge >= 0.3 is 0 Å². The van der Waals surface area contributed by atoms with Crippen LogP contribution in [0.4, 0.5) is 5.69 Å². The van der Waals surface area contributed by atoms with E-state index in [-0.39, 0.29) is 53.2 Å². The zero-order valence-electron chi connectivity index (χ0n) is 23.5. The standard InChI is InChI=1S/C31H31Cl2N3O6S/c1-41-23-10-5-19(6-11-23)16-35-17-21-18-36(43(39,40)28-12-9-22(32)15-25(28)33)14-13-27(21)42-29-24(31(35)38)3-2-4-26(29)34-30(37)20-7-8-20/h2-6,9-12,15,20-21,27H,7-8,13-14,16-18H2,1H3,(H,34,37). The lowest BCUT2D eigenvalue weighted by Gasteiger charge is -2.42. The molecule has 6 rings (SSSR count). The molecule has 43 heavy (non-hydrogen) atoms. The van der Waals surface area contributed by atoms with Crippen LogP contribution in [-0.2, 0) is 21.4 Å². The number of methoxy groups -OCH3 is 1. The summed E-state index contributed by atoms with van der Waals surface area (Å²) in [6, 6.07) is 16.9. The molecule has 2 unspecified atom stereocenters. The maximum absolute atomic E-state index is 14.1. The van der Waals surface area contributed by atoms with Crippen molar-refractivity contribution in [3.63, 3.8) is 0 Å². The second kappa shape index (κ2) is 12.0. The average Bonchev–Trinajstić information content (AvgIpc) is 3.83. The molecule has 1 saturated heterocycles. The Hall–Kier alpha value is -3.31. The summed E-state index contributed by atoms with van der Waals surface area (Å²) in [6.45, 7) is 0.860. The van der Waals surface area contributed by atoms with E-state index < -0.39 is 16.1 Å². The fourth-order valence-corrected chi connectivity index (χ4v) is 7.89. The lowest BCUT2D eigenvalue weighted by atomic mass is 9.93. The molecule has 2 atom stereocenters. The predicted molar refractivity (Wildman–Crippen MR) is 163 cm³/mol. The van der Waals surface area contributed by atoms with Gasteiger partial charge in [-0.25, -0.2) is 8.42 Å². The Morgan fingerprint density at radius 2 is 1.81 bits per heavy atom. The number of anilines is 1. The Balaban J connectivity index is 1.35. The molecular weight excluding hydrogens is 613 g/mol. The van der Waals surface area contributed by atoms with Crippen LogP contribution in [0, 0.1) is 11.8 Å². The topological polar surface area (TPSA) is 105 Å². The second-order valence-electron chi connectivity index (χ2n) is 11.1. The number of para-hydroxylation sites is 1. The van der Waals surface area contributed by atoms with Crippen molar-refractivity contribution in [1.82, 2.24) is 9.21 Å².